The molecule has 1 fully saturated rings. The quantitative estimate of drug-likeness (QED) is 0.438. The monoisotopic (exact) mass is 403 g/mol. The third-order valence-corrected chi connectivity index (χ3v) is 12.0. The largest absolute Gasteiger partial charge is 0.414 e. The summed E-state index contributed by atoms with van der Waals surface area (Å²) in [6, 6.07) is 8.72. The van der Waals surface area contributed by atoms with Gasteiger partial charge >= 0.3 is 0 Å². The average Bonchev–Trinajstić information content (AvgIpc) is 2.94. The molecule has 0 radical (unpaired) electrons. The maximum Gasteiger partial charge on any atom is 0.192 e. The fourth-order valence-electron chi connectivity index (χ4n) is 3.56. The molecular weight excluding hydrogens is 370 g/mol. The topological polar surface area (TPSA) is 38.3 Å². The number of hydrogen-bond donors (Lipinski definition) is 1. The van der Waals surface area contributed by atoms with E-state index in [1.54, 1.807) is 18.3 Å². The summed E-state index contributed by atoms with van der Waals surface area (Å²) in [5.74, 6) is 0.147. The molecule has 0 amide bonds. The standard InChI is InChI=1S/C22H33NO2SSi/c1-15(24)21-20(18-9-7-8-10-19(18)26-21)23-16-11-13-17(14-12-16)25-27(5,6)22(2,3)4/h7-10,16-17,23H,11-14H2,1-6H3/t16-,17+. The van der Waals surface area contributed by atoms with Gasteiger partial charge in [-0.05, 0) is 49.9 Å². The number of fused-ring (bicyclic) bond motifs is 1. The normalized spacial score (nSPS) is 21.4. The van der Waals surface area contributed by atoms with Crippen molar-refractivity contribution in [2.75, 3.05) is 5.32 Å². The molecule has 0 atom stereocenters. The molecular formula is C22H33NO2SSi. The molecule has 1 N–H and O–H groups in total. The van der Waals surface area contributed by atoms with Crippen molar-refractivity contribution >= 4 is 41.2 Å². The Morgan fingerprint density at radius 2 is 1.78 bits per heavy atom. The summed E-state index contributed by atoms with van der Waals surface area (Å²) >= 11 is 1.60. The Hall–Kier alpha value is -1.17. The van der Waals surface area contributed by atoms with E-state index in [4.69, 9.17) is 4.43 Å². The third kappa shape index (κ3) is 4.46. The van der Waals surface area contributed by atoms with Crippen LogP contribution in [-0.4, -0.2) is 26.2 Å². The lowest BCUT2D eigenvalue weighted by atomic mass is 9.93. The highest BCUT2D eigenvalue weighted by Gasteiger charge is 2.39. The Balaban J connectivity index is 1.67. The van der Waals surface area contributed by atoms with Gasteiger partial charge < -0.3 is 9.74 Å². The van der Waals surface area contributed by atoms with Crippen molar-refractivity contribution in [3.05, 3.63) is 29.1 Å². The zero-order valence-corrected chi connectivity index (χ0v) is 19.3. The Bertz CT molecular complexity index is 813. The van der Waals surface area contributed by atoms with E-state index in [0.29, 0.717) is 12.1 Å². The fourth-order valence-corrected chi connectivity index (χ4v) is 6.04. The second-order valence-corrected chi connectivity index (χ2v) is 15.2. The SMILES string of the molecule is CC(=O)c1sc2ccccc2c1N[C@H]1CC[C@@H](O[Si](C)(C)C(C)(C)C)CC1. The van der Waals surface area contributed by atoms with Gasteiger partial charge in [-0.25, -0.2) is 0 Å². The molecule has 0 aliphatic heterocycles. The van der Waals surface area contributed by atoms with E-state index in [2.05, 4.69) is 51.3 Å². The molecule has 148 valence electrons. The lowest BCUT2D eigenvalue weighted by Crippen LogP contribution is -2.45. The molecule has 1 aliphatic rings. The Morgan fingerprint density at radius 1 is 1.15 bits per heavy atom. The second-order valence-electron chi connectivity index (χ2n) is 9.35. The van der Waals surface area contributed by atoms with E-state index in [-0.39, 0.29) is 10.8 Å². The number of benzene rings is 1. The molecule has 1 heterocycles. The number of thiophene rings is 1. The smallest absolute Gasteiger partial charge is 0.192 e. The van der Waals surface area contributed by atoms with Crippen molar-refractivity contribution in [1.82, 2.24) is 0 Å². The van der Waals surface area contributed by atoms with Gasteiger partial charge in [-0.2, -0.15) is 0 Å². The highest BCUT2D eigenvalue weighted by Crippen LogP contribution is 2.40. The summed E-state index contributed by atoms with van der Waals surface area (Å²) in [6.07, 6.45) is 4.78. The van der Waals surface area contributed by atoms with Crippen LogP contribution in [0.5, 0.6) is 0 Å². The fraction of sp³-hybridized carbons (Fsp3) is 0.591. The van der Waals surface area contributed by atoms with Gasteiger partial charge in [0.1, 0.15) is 0 Å². The van der Waals surface area contributed by atoms with E-state index in [1.165, 1.54) is 10.1 Å². The molecule has 27 heavy (non-hydrogen) atoms. The Labute approximate surface area is 168 Å². The van der Waals surface area contributed by atoms with Gasteiger partial charge in [0, 0.05) is 29.2 Å². The highest BCUT2D eigenvalue weighted by atomic mass is 32.1. The van der Waals surface area contributed by atoms with Gasteiger partial charge in [-0.15, -0.1) is 11.3 Å². The van der Waals surface area contributed by atoms with E-state index in [0.717, 1.165) is 36.2 Å². The van der Waals surface area contributed by atoms with Crippen molar-refractivity contribution < 1.29 is 9.22 Å². The van der Waals surface area contributed by atoms with Crippen LogP contribution in [0.3, 0.4) is 0 Å². The second kappa shape index (κ2) is 7.68. The number of hydrogen-bond acceptors (Lipinski definition) is 4. The van der Waals surface area contributed by atoms with Gasteiger partial charge in [-0.1, -0.05) is 39.0 Å². The van der Waals surface area contributed by atoms with E-state index in [1.807, 2.05) is 12.1 Å². The summed E-state index contributed by atoms with van der Waals surface area (Å²) < 4.78 is 7.80. The predicted octanol–water partition coefficient (Wildman–Crippen LogP) is 6.85. The van der Waals surface area contributed by atoms with Crippen LogP contribution in [0.1, 0.15) is 63.0 Å². The Morgan fingerprint density at radius 3 is 2.37 bits per heavy atom. The summed E-state index contributed by atoms with van der Waals surface area (Å²) in [5.41, 5.74) is 1.04. The molecule has 1 aliphatic carbocycles. The molecule has 0 saturated heterocycles. The van der Waals surface area contributed by atoms with E-state index in [9.17, 15) is 4.79 Å². The van der Waals surface area contributed by atoms with Gasteiger partial charge in [0.2, 0.25) is 0 Å². The van der Waals surface area contributed by atoms with Crippen molar-refractivity contribution in [3.8, 4) is 0 Å². The molecule has 3 rings (SSSR count). The number of nitrogens with one attached hydrogen (secondary N) is 1. The summed E-state index contributed by atoms with van der Waals surface area (Å²) in [6.45, 7) is 13.3. The Kier molecular flexibility index (Phi) is 5.85. The van der Waals surface area contributed by atoms with Crippen LogP contribution in [0.2, 0.25) is 18.1 Å². The molecule has 1 aromatic heterocycles. The number of rotatable bonds is 5. The maximum absolute atomic E-state index is 12.1. The van der Waals surface area contributed by atoms with Crippen LogP contribution in [0.4, 0.5) is 5.69 Å². The molecule has 5 heteroatoms. The van der Waals surface area contributed by atoms with Crippen molar-refractivity contribution in [2.45, 2.75) is 83.7 Å². The first-order valence-electron chi connectivity index (χ1n) is 10.1. The minimum atomic E-state index is -1.70. The van der Waals surface area contributed by atoms with Gasteiger partial charge in [0.05, 0.1) is 10.6 Å². The molecule has 0 spiro atoms. The summed E-state index contributed by atoms with van der Waals surface area (Å²) in [7, 11) is -1.70. The summed E-state index contributed by atoms with van der Waals surface area (Å²) in [4.78, 5) is 13.0. The minimum absolute atomic E-state index is 0.147. The lowest BCUT2D eigenvalue weighted by molar-refractivity contribution is 0.102. The molecule has 2 aromatic rings. The first kappa shape index (κ1) is 20.6. The number of anilines is 1. The van der Waals surface area contributed by atoms with Crippen LogP contribution in [-0.2, 0) is 4.43 Å². The van der Waals surface area contributed by atoms with E-state index < -0.39 is 8.32 Å². The van der Waals surface area contributed by atoms with Crippen molar-refractivity contribution in [3.63, 3.8) is 0 Å². The number of carbonyl (C=O) groups is 1. The molecule has 0 bridgehead atoms. The lowest BCUT2D eigenvalue weighted by Gasteiger charge is -2.41. The summed E-state index contributed by atoms with van der Waals surface area (Å²) in [5, 5.41) is 5.14. The van der Waals surface area contributed by atoms with Crippen LogP contribution in [0.25, 0.3) is 10.1 Å². The first-order chi connectivity index (χ1) is 12.6. The van der Waals surface area contributed by atoms with Crippen molar-refractivity contribution in [2.24, 2.45) is 0 Å². The minimum Gasteiger partial charge on any atom is -0.414 e. The highest BCUT2D eigenvalue weighted by molar-refractivity contribution is 7.21. The molecule has 0 unspecified atom stereocenters. The zero-order chi connectivity index (χ0) is 19.8. The van der Waals surface area contributed by atoms with Crippen molar-refractivity contribution in [1.29, 1.82) is 0 Å². The van der Waals surface area contributed by atoms with Gasteiger partial charge in [-0.3, -0.25) is 4.79 Å². The number of carbonyl (C=O) groups excluding carboxylic acids is 1. The maximum atomic E-state index is 12.1. The average molecular weight is 404 g/mol. The van der Waals surface area contributed by atoms with Gasteiger partial charge in [0.15, 0.2) is 14.1 Å². The first-order valence-corrected chi connectivity index (χ1v) is 13.8. The van der Waals surface area contributed by atoms with Crippen LogP contribution in [0.15, 0.2) is 24.3 Å². The van der Waals surface area contributed by atoms with E-state index >= 15 is 0 Å². The molecule has 3 nitrogen and oxygen atoms in total. The van der Waals surface area contributed by atoms with Gasteiger partial charge in [0.25, 0.3) is 0 Å². The van der Waals surface area contributed by atoms with Crippen LogP contribution < -0.4 is 5.32 Å². The zero-order valence-electron chi connectivity index (χ0n) is 17.5. The molecule has 1 aromatic carbocycles. The molecule has 1 saturated carbocycles. The number of ketones is 1. The van der Waals surface area contributed by atoms with Crippen LogP contribution in [0, 0.1) is 0 Å². The third-order valence-electron chi connectivity index (χ3n) is 6.21. The van der Waals surface area contributed by atoms with Crippen LogP contribution >= 0.6 is 11.3 Å². The predicted molar refractivity (Wildman–Crippen MR) is 120 cm³/mol. The number of Topliss-reactive ketones (excluding diaryl/α,β-unsaturated/α-hetero) is 1.